The Balaban J connectivity index is 1.45. The summed E-state index contributed by atoms with van der Waals surface area (Å²) in [7, 11) is -3.50. The Morgan fingerprint density at radius 3 is 2.41 bits per heavy atom. The predicted octanol–water partition coefficient (Wildman–Crippen LogP) is 2.07. The van der Waals surface area contributed by atoms with Gasteiger partial charge in [-0.25, -0.2) is 13.4 Å². The average molecular weight is 455 g/mol. The number of aromatic nitrogens is 2. The summed E-state index contributed by atoms with van der Waals surface area (Å²) in [5.74, 6) is -0.464. The summed E-state index contributed by atoms with van der Waals surface area (Å²) in [6.45, 7) is 0.778. The van der Waals surface area contributed by atoms with Crippen LogP contribution in [-0.2, 0) is 15.8 Å². The normalized spacial score (nSPS) is 14.9. The molecule has 1 fully saturated rings. The third-order valence-corrected chi connectivity index (χ3v) is 7.16. The van der Waals surface area contributed by atoms with Crippen molar-refractivity contribution in [2.75, 3.05) is 26.2 Å². The van der Waals surface area contributed by atoms with Gasteiger partial charge in [-0.05, 0) is 17.7 Å². The Morgan fingerprint density at radius 2 is 1.78 bits per heavy atom. The molecule has 0 N–H and O–H groups in total. The third kappa shape index (κ3) is 4.53. The van der Waals surface area contributed by atoms with E-state index in [4.69, 9.17) is 0 Å². The highest BCUT2D eigenvalue weighted by molar-refractivity contribution is 7.88. The van der Waals surface area contributed by atoms with Crippen LogP contribution in [0, 0.1) is 10.1 Å². The fraction of sp³-hybridized carbons (Fsp3) is 0.238. The van der Waals surface area contributed by atoms with Crippen molar-refractivity contribution >= 4 is 21.6 Å². The highest BCUT2D eigenvalue weighted by Gasteiger charge is 2.30. The van der Waals surface area contributed by atoms with E-state index in [1.165, 1.54) is 44.5 Å². The molecule has 1 amide bonds. The van der Waals surface area contributed by atoms with Crippen LogP contribution in [0.1, 0.15) is 15.9 Å². The second-order valence-corrected chi connectivity index (χ2v) is 9.33. The molecule has 11 heteroatoms. The lowest BCUT2D eigenvalue weighted by Crippen LogP contribution is -2.50. The second-order valence-electron chi connectivity index (χ2n) is 7.36. The molecule has 0 spiro atoms. The van der Waals surface area contributed by atoms with Gasteiger partial charge in [-0.3, -0.25) is 14.9 Å². The first kappa shape index (κ1) is 21.7. The Bertz CT molecular complexity index is 1220. The standard InChI is InChI=1S/C21H21N5O5S/c27-21(18-6-7-19(20(14-18)26(28)29)24-9-8-22-16-24)23-10-12-25(13-11-23)32(30,31)15-17-4-2-1-3-5-17/h1-9,14,16H,10-13,15H2. The van der Waals surface area contributed by atoms with E-state index in [0.29, 0.717) is 11.3 Å². The molecule has 1 aromatic heterocycles. The summed E-state index contributed by atoms with van der Waals surface area (Å²) in [4.78, 5) is 29.4. The summed E-state index contributed by atoms with van der Waals surface area (Å²) in [5, 5.41) is 11.5. The van der Waals surface area contributed by atoms with Crippen LogP contribution in [-0.4, -0.2) is 64.2 Å². The Kier molecular flexibility index (Phi) is 6.01. The van der Waals surface area contributed by atoms with Gasteiger partial charge in [0.05, 0.1) is 17.0 Å². The van der Waals surface area contributed by atoms with E-state index in [2.05, 4.69) is 4.98 Å². The average Bonchev–Trinajstić information content (AvgIpc) is 3.33. The van der Waals surface area contributed by atoms with Gasteiger partial charge in [0.15, 0.2) is 0 Å². The van der Waals surface area contributed by atoms with Crippen molar-refractivity contribution in [3.05, 3.63) is 88.5 Å². The molecule has 0 saturated carbocycles. The molecular weight excluding hydrogens is 434 g/mol. The monoisotopic (exact) mass is 455 g/mol. The molecule has 0 atom stereocenters. The minimum absolute atomic E-state index is 0.0936. The predicted molar refractivity (Wildman–Crippen MR) is 117 cm³/mol. The molecule has 10 nitrogen and oxygen atoms in total. The summed E-state index contributed by atoms with van der Waals surface area (Å²) in [5.41, 5.74) is 0.983. The van der Waals surface area contributed by atoms with Crippen LogP contribution in [0.2, 0.25) is 0 Å². The molecule has 0 radical (unpaired) electrons. The maximum Gasteiger partial charge on any atom is 0.294 e. The number of imidazole rings is 1. The molecule has 0 aliphatic carbocycles. The zero-order chi connectivity index (χ0) is 22.7. The highest BCUT2D eigenvalue weighted by atomic mass is 32.2. The van der Waals surface area contributed by atoms with Gasteiger partial charge in [-0.15, -0.1) is 0 Å². The lowest BCUT2D eigenvalue weighted by atomic mass is 10.1. The van der Waals surface area contributed by atoms with Crippen LogP contribution >= 0.6 is 0 Å². The third-order valence-electron chi connectivity index (χ3n) is 5.31. The van der Waals surface area contributed by atoms with E-state index in [9.17, 15) is 23.3 Å². The van der Waals surface area contributed by atoms with Crippen molar-refractivity contribution in [2.45, 2.75) is 5.75 Å². The molecule has 1 aliphatic heterocycles. The summed E-state index contributed by atoms with van der Waals surface area (Å²) < 4.78 is 28.3. The summed E-state index contributed by atoms with van der Waals surface area (Å²) in [6.07, 6.45) is 4.53. The maximum absolute atomic E-state index is 12.9. The van der Waals surface area contributed by atoms with Gasteiger partial charge >= 0.3 is 0 Å². The first-order chi connectivity index (χ1) is 15.3. The Morgan fingerprint density at radius 1 is 1.06 bits per heavy atom. The zero-order valence-electron chi connectivity index (χ0n) is 17.1. The number of amides is 1. The van der Waals surface area contributed by atoms with Crippen LogP contribution in [0.5, 0.6) is 0 Å². The molecule has 166 valence electrons. The van der Waals surface area contributed by atoms with Crippen LogP contribution in [0.15, 0.2) is 67.3 Å². The molecule has 32 heavy (non-hydrogen) atoms. The van der Waals surface area contributed by atoms with Gasteiger partial charge in [0.1, 0.15) is 5.69 Å². The van der Waals surface area contributed by atoms with Gasteiger partial charge in [-0.1, -0.05) is 30.3 Å². The number of hydrogen-bond donors (Lipinski definition) is 0. The fourth-order valence-electron chi connectivity index (χ4n) is 3.65. The fourth-order valence-corrected chi connectivity index (χ4v) is 5.17. The van der Waals surface area contributed by atoms with Gasteiger partial charge in [0, 0.05) is 50.2 Å². The SMILES string of the molecule is O=C(c1ccc(-n2ccnc2)c([N+](=O)[O-])c1)N1CCN(S(=O)(=O)Cc2ccccc2)CC1. The largest absolute Gasteiger partial charge is 0.336 e. The van der Waals surface area contributed by atoms with Crippen molar-refractivity contribution < 1.29 is 18.1 Å². The molecule has 3 aromatic rings. The van der Waals surface area contributed by atoms with E-state index in [1.54, 1.807) is 30.5 Å². The highest BCUT2D eigenvalue weighted by Crippen LogP contribution is 2.25. The van der Waals surface area contributed by atoms with E-state index < -0.39 is 14.9 Å². The van der Waals surface area contributed by atoms with Crippen molar-refractivity contribution in [2.24, 2.45) is 0 Å². The van der Waals surface area contributed by atoms with Crippen molar-refractivity contribution in [3.8, 4) is 5.69 Å². The van der Waals surface area contributed by atoms with E-state index >= 15 is 0 Å². The number of piperazine rings is 1. The lowest BCUT2D eigenvalue weighted by molar-refractivity contribution is -0.384. The van der Waals surface area contributed by atoms with E-state index in [1.807, 2.05) is 6.07 Å². The smallest absolute Gasteiger partial charge is 0.294 e. The number of carbonyl (C=O) groups is 1. The first-order valence-corrected chi connectivity index (χ1v) is 11.5. The number of nitro benzene ring substituents is 1. The molecule has 2 heterocycles. The minimum Gasteiger partial charge on any atom is -0.336 e. The number of rotatable bonds is 6. The van der Waals surface area contributed by atoms with Gasteiger partial charge in [0.25, 0.3) is 11.6 Å². The van der Waals surface area contributed by atoms with Crippen LogP contribution in [0.3, 0.4) is 0 Å². The molecule has 1 saturated heterocycles. The molecule has 0 bridgehead atoms. The zero-order valence-corrected chi connectivity index (χ0v) is 17.9. The van der Waals surface area contributed by atoms with Crippen LogP contribution in [0.4, 0.5) is 5.69 Å². The molecule has 4 rings (SSSR count). The first-order valence-electron chi connectivity index (χ1n) is 9.93. The summed E-state index contributed by atoms with van der Waals surface area (Å²) in [6, 6.07) is 13.2. The van der Waals surface area contributed by atoms with E-state index in [-0.39, 0.29) is 49.1 Å². The number of benzene rings is 2. The van der Waals surface area contributed by atoms with Crippen molar-refractivity contribution in [1.29, 1.82) is 0 Å². The maximum atomic E-state index is 12.9. The lowest BCUT2D eigenvalue weighted by Gasteiger charge is -2.34. The Labute approximate surface area is 184 Å². The molecule has 2 aromatic carbocycles. The topological polar surface area (TPSA) is 119 Å². The van der Waals surface area contributed by atoms with Crippen molar-refractivity contribution in [1.82, 2.24) is 18.8 Å². The summed E-state index contributed by atoms with van der Waals surface area (Å²) >= 11 is 0. The van der Waals surface area contributed by atoms with E-state index in [0.717, 1.165) is 0 Å². The second kappa shape index (κ2) is 8.89. The molecule has 0 unspecified atom stereocenters. The van der Waals surface area contributed by atoms with Gasteiger partial charge < -0.3 is 9.47 Å². The number of carbonyl (C=O) groups excluding carboxylic acids is 1. The minimum atomic E-state index is -3.50. The number of hydrogen-bond acceptors (Lipinski definition) is 6. The van der Waals surface area contributed by atoms with Gasteiger partial charge in [0.2, 0.25) is 10.0 Å². The number of sulfonamides is 1. The number of nitrogens with zero attached hydrogens (tertiary/aromatic N) is 5. The van der Waals surface area contributed by atoms with Crippen molar-refractivity contribution in [3.63, 3.8) is 0 Å². The number of nitro groups is 1. The Hall–Kier alpha value is -3.57. The quantitative estimate of drug-likeness (QED) is 0.415. The molecular formula is C21H21N5O5S. The molecule has 1 aliphatic rings. The van der Waals surface area contributed by atoms with Crippen LogP contribution in [0.25, 0.3) is 5.69 Å². The van der Waals surface area contributed by atoms with Gasteiger partial charge in [-0.2, -0.15) is 4.31 Å². The van der Waals surface area contributed by atoms with Crippen LogP contribution < -0.4 is 0 Å².